The van der Waals surface area contributed by atoms with Crippen LogP contribution in [0, 0.1) is 0 Å². The number of hydrogen-bond donors (Lipinski definition) is 0. The Morgan fingerprint density at radius 1 is 0.373 bits per heavy atom. The molecule has 0 atom stereocenters. The second kappa shape index (κ2) is 11.9. The van der Waals surface area contributed by atoms with E-state index in [1.165, 1.54) is 0 Å². The van der Waals surface area contributed by atoms with Crippen molar-refractivity contribution in [2.45, 2.75) is 0 Å². The summed E-state index contributed by atoms with van der Waals surface area (Å²) in [6.07, 6.45) is 0. The van der Waals surface area contributed by atoms with E-state index in [4.69, 9.17) is 19.4 Å². The van der Waals surface area contributed by atoms with Crippen molar-refractivity contribution in [2.75, 3.05) is 0 Å². The molecule has 2 heterocycles. The lowest BCUT2D eigenvalue weighted by Gasteiger charge is -2.14. The van der Waals surface area contributed by atoms with Gasteiger partial charge in [0.1, 0.15) is 5.52 Å². The maximum absolute atomic E-state index is 6.45. The zero-order chi connectivity index (χ0) is 33.7. The highest BCUT2D eigenvalue weighted by Gasteiger charge is 2.17. The van der Waals surface area contributed by atoms with Gasteiger partial charge in [0.25, 0.3) is 0 Å². The lowest BCUT2D eigenvalue weighted by atomic mass is 9.92. The minimum Gasteiger partial charge on any atom is -0.435 e. The van der Waals surface area contributed by atoms with Crippen molar-refractivity contribution in [2.24, 2.45) is 0 Å². The van der Waals surface area contributed by atoms with E-state index < -0.39 is 0 Å². The number of rotatable bonds is 5. The highest BCUT2D eigenvalue weighted by atomic mass is 16.3. The number of oxazole rings is 1. The molecule has 4 heteroatoms. The molecule has 0 aliphatic rings. The summed E-state index contributed by atoms with van der Waals surface area (Å²) in [5.41, 5.74) is 9.83. The van der Waals surface area contributed by atoms with E-state index >= 15 is 0 Å². The summed E-state index contributed by atoms with van der Waals surface area (Å²) in [5.74, 6) is 1.33. The smallest absolute Gasteiger partial charge is 0.227 e. The molecule has 0 N–H and O–H groups in total. The first-order valence-corrected chi connectivity index (χ1v) is 17.1. The van der Waals surface area contributed by atoms with Crippen LogP contribution in [0.2, 0.25) is 0 Å². The standard InChI is InChI=1S/C47H29N3O/c1-4-12-30(13-5-1)42-29-43(31-14-6-2-7-15-31)49-46(48-42)40-26-25-36(38-18-10-11-19-39(38)40)34-22-24-37-35(28-34)21-20-32-23-27-41-45(44(32)37)51-47(50-41)33-16-8-3-9-17-33/h1-29H. The first-order valence-electron chi connectivity index (χ1n) is 17.1. The zero-order valence-corrected chi connectivity index (χ0v) is 27.5. The van der Waals surface area contributed by atoms with Crippen molar-refractivity contribution in [3.63, 3.8) is 0 Å². The van der Waals surface area contributed by atoms with Crippen molar-refractivity contribution in [1.82, 2.24) is 15.0 Å². The third-order valence-corrected chi connectivity index (χ3v) is 9.72. The second-order valence-corrected chi connectivity index (χ2v) is 12.8. The van der Waals surface area contributed by atoms with Crippen LogP contribution in [-0.4, -0.2) is 15.0 Å². The molecule has 0 unspecified atom stereocenters. The van der Waals surface area contributed by atoms with E-state index in [1.807, 2.05) is 72.8 Å². The fraction of sp³-hybridized carbons (Fsp3) is 0. The first-order chi connectivity index (χ1) is 25.3. The summed E-state index contributed by atoms with van der Waals surface area (Å²) in [6, 6.07) is 61.0. The third kappa shape index (κ3) is 5.04. The molecule has 4 nitrogen and oxygen atoms in total. The normalized spacial score (nSPS) is 11.5. The Hall–Kier alpha value is -6.91. The Morgan fingerprint density at radius 3 is 1.63 bits per heavy atom. The predicted octanol–water partition coefficient (Wildman–Crippen LogP) is 12.4. The van der Waals surface area contributed by atoms with Crippen LogP contribution in [0.1, 0.15) is 0 Å². The molecular formula is C47H29N3O. The Kier molecular flexibility index (Phi) is 6.78. The predicted molar refractivity (Wildman–Crippen MR) is 209 cm³/mol. The average molecular weight is 652 g/mol. The van der Waals surface area contributed by atoms with Crippen LogP contribution in [0.15, 0.2) is 180 Å². The number of aromatic nitrogens is 3. The summed E-state index contributed by atoms with van der Waals surface area (Å²) in [5, 5.41) is 6.74. The zero-order valence-electron chi connectivity index (χ0n) is 27.5. The fourth-order valence-corrected chi connectivity index (χ4v) is 7.23. The molecule has 0 aliphatic heterocycles. The topological polar surface area (TPSA) is 51.8 Å². The lowest BCUT2D eigenvalue weighted by molar-refractivity contribution is 0.623. The van der Waals surface area contributed by atoms with Gasteiger partial charge in [-0.3, -0.25) is 0 Å². The summed E-state index contributed by atoms with van der Waals surface area (Å²) in [4.78, 5) is 15.1. The van der Waals surface area contributed by atoms with Crippen LogP contribution >= 0.6 is 0 Å². The summed E-state index contributed by atoms with van der Waals surface area (Å²) in [6.45, 7) is 0. The number of fused-ring (bicyclic) bond motifs is 6. The van der Waals surface area contributed by atoms with Crippen molar-refractivity contribution in [1.29, 1.82) is 0 Å². The van der Waals surface area contributed by atoms with E-state index in [0.29, 0.717) is 11.7 Å². The Labute approximate surface area is 294 Å². The quantitative estimate of drug-likeness (QED) is 0.174. The molecule has 10 aromatic rings. The third-order valence-electron chi connectivity index (χ3n) is 9.72. The van der Waals surface area contributed by atoms with Gasteiger partial charge in [-0.15, -0.1) is 0 Å². The molecule has 10 rings (SSSR count). The van der Waals surface area contributed by atoms with Gasteiger partial charge in [-0.2, -0.15) is 0 Å². The summed E-state index contributed by atoms with van der Waals surface area (Å²) in [7, 11) is 0. The van der Waals surface area contributed by atoms with E-state index in [-0.39, 0.29) is 0 Å². The van der Waals surface area contributed by atoms with E-state index in [2.05, 4.69) is 103 Å². The van der Waals surface area contributed by atoms with Crippen molar-refractivity contribution < 1.29 is 4.42 Å². The molecule has 0 saturated carbocycles. The Balaban J connectivity index is 1.12. The second-order valence-electron chi connectivity index (χ2n) is 12.8. The molecule has 2 aromatic heterocycles. The molecule has 238 valence electrons. The maximum Gasteiger partial charge on any atom is 0.227 e. The minimum atomic E-state index is 0.632. The van der Waals surface area contributed by atoms with Crippen LogP contribution in [-0.2, 0) is 0 Å². The highest BCUT2D eigenvalue weighted by Crippen LogP contribution is 2.40. The van der Waals surface area contributed by atoms with E-state index in [0.717, 1.165) is 88.2 Å². The van der Waals surface area contributed by atoms with E-state index in [1.54, 1.807) is 0 Å². The SMILES string of the molecule is c1ccc(-c2cc(-c3ccccc3)nc(-c3ccc(-c4ccc5c(ccc6ccc7nc(-c8ccccc8)oc7c65)c4)c4ccccc34)n2)cc1. The van der Waals surface area contributed by atoms with E-state index in [9.17, 15) is 0 Å². The average Bonchev–Trinajstić information content (AvgIpc) is 3.66. The molecule has 0 amide bonds. The number of hydrogen-bond acceptors (Lipinski definition) is 4. The summed E-state index contributed by atoms with van der Waals surface area (Å²) < 4.78 is 6.45. The molecule has 0 bridgehead atoms. The molecule has 0 aliphatic carbocycles. The Morgan fingerprint density at radius 2 is 0.941 bits per heavy atom. The molecule has 8 aromatic carbocycles. The van der Waals surface area contributed by atoms with Gasteiger partial charge in [-0.05, 0) is 74.5 Å². The Bertz CT molecular complexity index is 2840. The summed E-state index contributed by atoms with van der Waals surface area (Å²) >= 11 is 0. The lowest BCUT2D eigenvalue weighted by Crippen LogP contribution is -1.97. The molecular weight excluding hydrogens is 623 g/mol. The van der Waals surface area contributed by atoms with Gasteiger partial charge in [-0.25, -0.2) is 15.0 Å². The van der Waals surface area contributed by atoms with Crippen molar-refractivity contribution in [3.05, 3.63) is 176 Å². The van der Waals surface area contributed by atoms with Crippen LogP contribution in [0.3, 0.4) is 0 Å². The van der Waals surface area contributed by atoms with Gasteiger partial charge in [0.15, 0.2) is 11.4 Å². The van der Waals surface area contributed by atoms with Gasteiger partial charge in [0.05, 0.1) is 11.4 Å². The molecule has 0 saturated heterocycles. The minimum absolute atomic E-state index is 0.632. The molecule has 0 spiro atoms. The van der Waals surface area contributed by atoms with Crippen molar-refractivity contribution >= 4 is 43.4 Å². The maximum atomic E-state index is 6.45. The monoisotopic (exact) mass is 651 g/mol. The number of nitrogens with zero attached hydrogens (tertiary/aromatic N) is 3. The molecule has 0 radical (unpaired) electrons. The van der Waals surface area contributed by atoms with Gasteiger partial charge in [0.2, 0.25) is 5.89 Å². The van der Waals surface area contributed by atoms with Gasteiger partial charge in [-0.1, -0.05) is 140 Å². The van der Waals surface area contributed by atoms with Gasteiger partial charge >= 0.3 is 0 Å². The number of benzene rings is 8. The highest BCUT2D eigenvalue weighted by molar-refractivity contribution is 6.18. The van der Waals surface area contributed by atoms with Crippen LogP contribution in [0.25, 0.3) is 99.9 Å². The first kappa shape index (κ1) is 29.0. The van der Waals surface area contributed by atoms with Gasteiger partial charge < -0.3 is 4.42 Å². The largest absolute Gasteiger partial charge is 0.435 e. The van der Waals surface area contributed by atoms with Crippen LogP contribution < -0.4 is 0 Å². The van der Waals surface area contributed by atoms with Crippen molar-refractivity contribution in [3.8, 4) is 56.5 Å². The molecule has 51 heavy (non-hydrogen) atoms. The van der Waals surface area contributed by atoms with Gasteiger partial charge in [0, 0.05) is 27.6 Å². The molecule has 0 fully saturated rings. The van der Waals surface area contributed by atoms with Crippen LogP contribution in [0.4, 0.5) is 0 Å². The van der Waals surface area contributed by atoms with Crippen LogP contribution in [0.5, 0.6) is 0 Å². The fourth-order valence-electron chi connectivity index (χ4n) is 7.23.